The molecule has 3 aromatic carbocycles. The largest absolute Gasteiger partial charge is 0.493 e. The number of carbonyl (C=O) groups is 3. The number of esters is 1. The summed E-state index contributed by atoms with van der Waals surface area (Å²) in [5.41, 5.74) is 2.30. The maximum Gasteiger partial charge on any atom is 0.350 e. The molecule has 3 rings (SSSR count). The standard InChI is InChI=1S/C23H17ClN4O7/c1-34-20-12-14(13-25-27-22(30)21(29)26-16-9-7-15(24)8-10-16)6-11-19(20)35-23(31)17-4-2-3-5-18(17)28(32)33/h2-13H,1H3,(H,26,29)(H,27,30)/b25-13+. The number of hydrogen-bond acceptors (Lipinski definition) is 8. The molecule has 0 aliphatic rings. The number of ether oxygens (including phenoxy) is 2. The minimum absolute atomic E-state index is 0.0131. The molecule has 0 spiro atoms. The second kappa shape index (κ2) is 11.4. The molecular formula is C23H17ClN4O7. The van der Waals surface area contributed by atoms with Crippen molar-refractivity contribution in [3.05, 3.63) is 93.0 Å². The number of halogens is 1. The summed E-state index contributed by atoms with van der Waals surface area (Å²) in [6.07, 6.45) is 1.24. The smallest absolute Gasteiger partial charge is 0.350 e. The predicted octanol–water partition coefficient (Wildman–Crippen LogP) is 3.56. The average molecular weight is 497 g/mol. The van der Waals surface area contributed by atoms with Crippen LogP contribution < -0.4 is 20.2 Å². The van der Waals surface area contributed by atoms with E-state index in [1.165, 1.54) is 67.9 Å². The van der Waals surface area contributed by atoms with E-state index in [0.717, 1.165) is 0 Å². The lowest BCUT2D eigenvalue weighted by Gasteiger charge is -2.10. The van der Waals surface area contributed by atoms with Gasteiger partial charge in [0.1, 0.15) is 5.56 Å². The molecule has 0 saturated carbocycles. The SMILES string of the molecule is COc1cc(/C=N/NC(=O)C(=O)Nc2ccc(Cl)cc2)ccc1OC(=O)c1ccccc1[N+](=O)[O-]. The molecule has 178 valence electrons. The Bertz CT molecular complexity index is 1310. The molecule has 2 amide bonds. The molecule has 3 aromatic rings. The molecule has 0 radical (unpaired) electrons. The minimum atomic E-state index is -1.00. The molecule has 0 aromatic heterocycles. The Morgan fingerprint density at radius 3 is 2.40 bits per heavy atom. The van der Waals surface area contributed by atoms with Crippen molar-refractivity contribution in [1.29, 1.82) is 0 Å². The summed E-state index contributed by atoms with van der Waals surface area (Å²) >= 11 is 5.77. The van der Waals surface area contributed by atoms with Crippen LogP contribution in [0.5, 0.6) is 11.5 Å². The molecule has 0 atom stereocenters. The molecule has 0 bridgehead atoms. The van der Waals surface area contributed by atoms with E-state index in [-0.39, 0.29) is 17.1 Å². The van der Waals surface area contributed by atoms with Crippen molar-refractivity contribution >= 4 is 47.0 Å². The highest BCUT2D eigenvalue weighted by Gasteiger charge is 2.22. The van der Waals surface area contributed by atoms with Gasteiger partial charge in [0.25, 0.3) is 5.69 Å². The number of rotatable bonds is 7. The summed E-state index contributed by atoms with van der Waals surface area (Å²) in [5, 5.41) is 17.7. The van der Waals surface area contributed by atoms with Crippen molar-refractivity contribution in [3.63, 3.8) is 0 Å². The van der Waals surface area contributed by atoms with Crippen molar-refractivity contribution in [2.75, 3.05) is 12.4 Å². The van der Waals surface area contributed by atoms with E-state index in [1.807, 2.05) is 0 Å². The van der Waals surface area contributed by atoms with Crippen molar-refractivity contribution in [3.8, 4) is 11.5 Å². The first-order chi connectivity index (χ1) is 16.8. The molecule has 12 heteroatoms. The summed E-state index contributed by atoms with van der Waals surface area (Å²) in [6, 6.07) is 15.9. The molecule has 0 aliphatic heterocycles. The van der Waals surface area contributed by atoms with Crippen molar-refractivity contribution in [2.24, 2.45) is 5.10 Å². The number of amides is 2. The lowest BCUT2D eigenvalue weighted by molar-refractivity contribution is -0.385. The fraction of sp³-hybridized carbons (Fsp3) is 0.0435. The summed E-state index contributed by atoms with van der Waals surface area (Å²) in [5.74, 6) is -2.72. The van der Waals surface area contributed by atoms with Gasteiger partial charge in [0.2, 0.25) is 0 Å². The second-order valence-electron chi connectivity index (χ2n) is 6.73. The quantitative estimate of drug-likeness (QED) is 0.127. The molecule has 11 nitrogen and oxygen atoms in total. The minimum Gasteiger partial charge on any atom is -0.493 e. The number of hydrogen-bond donors (Lipinski definition) is 2. The third-order valence-corrected chi connectivity index (χ3v) is 4.65. The van der Waals surface area contributed by atoms with Crippen LogP contribution in [0, 0.1) is 10.1 Å². The fourth-order valence-corrected chi connectivity index (χ4v) is 2.87. The number of nitro benzene ring substituents is 1. The number of hydrazone groups is 1. The topological polar surface area (TPSA) is 149 Å². The molecule has 2 N–H and O–H groups in total. The van der Waals surface area contributed by atoms with E-state index >= 15 is 0 Å². The van der Waals surface area contributed by atoms with Crippen LogP contribution in [0.1, 0.15) is 15.9 Å². The summed E-state index contributed by atoms with van der Waals surface area (Å²) in [4.78, 5) is 46.8. The van der Waals surface area contributed by atoms with Gasteiger partial charge in [-0.1, -0.05) is 23.7 Å². The first kappa shape index (κ1) is 24.9. The van der Waals surface area contributed by atoms with Crippen molar-refractivity contribution in [1.82, 2.24) is 5.43 Å². The zero-order valence-corrected chi connectivity index (χ0v) is 18.8. The lowest BCUT2D eigenvalue weighted by atomic mass is 10.2. The zero-order chi connectivity index (χ0) is 25.4. The number of nitro groups is 1. The van der Waals surface area contributed by atoms with Gasteiger partial charge in [-0.15, -0.1) is 0 Å². The third kappa shape index (κ3) is 6.62. The molecule has 0 fully saturated rings. The Morgan fingerprint density at radius 2 is 1.71 bits per heavy atom. The zero-order valence-electron chi connectivity index (χ0n) is 18.1. The van der Waals surface area contributed by atoms with E-state index in [1.54, 1.807) is 12.1 Å². The van der Waals surface area contributed by atoms with E-state index in [0.29, 0.717) is 16.3 Å². The first-order valence-corrected chi connectivity index (χ1v) is 10.2. The Morgan fingerprint density at radius 1 is 1.00 bits per heavy atom. The lowest BCUT2D eigenvalue weighted by Crippen LogP contribution is -2.32. The van der Waals surface area contributed by atoms with Crippen LogP contribution in [0.15, 0.2) is 71.8 Å². The third-order valence-electron chi connectivity index (χ3n) is 4.40. The van der Waals surface area contributed by atoms with Crippen molar-refractivity contribution < 1.29 is 28.8 Å². The molecule has 0 aliphatic carbocycles. The van der Waals surface area contributed by atoms with Crippen LogP contribution >= 0.6 is 11.6 Å². The number of para-hydroxylation sites is 1. The molecule has 0 saturated heterocycles. The van der Waals surface area contributed by atoms with Crippen LogP contribution in [0.4, 0.5) is 11.4 Å². The van der Waals surface area contributed by atoms with Crippen LogP contribution in [0.25, 0.3) is 0 Å². The Kier molecular flexibility index (Phi) is 8.09. The molecule has 35 heavy (non-hydrogen) atoms. The monoisotopic (exact) mass is 496 g/mol. The van der Waals surface area contributed by atoms with Crippen LogP contribution in [0.2, 0.25) is 5.02 Å². The maximum atomic E-state index is 12.5. The second-order valence-corrected chi connectivity index (χ2v) is 7.17. The van der Waals surface area contributed by atoms with Gasteiger partial charge >= 0.3 is 17.8 Å². The van der Waals surface area contributed by atoms with Gasteiger partial charge in [0, 0.05) is 16.8 Å². The highest BCUT2D eigenvalue weighted by Crippen LogP contribution is 2.29. The average Bonchev–Trinajstić information content (AvgIpc) is 2.85. The van der Waals surface area contributed by atoms with E-state index in [2.05, 4.69) is 15.8 Å². The molecular weight excluding hydrogens is 480 g/mol. The van der Waals surface area contributed by atoms with Crippen LogP contribution in [-0.2, 0) is 9.59 Å². The van der Waals surface area contributed by atoms with Crippen LogP contribution in [0.3, 0.4) is 0 Å². The fourth-order valence-electron chi connectivity index (χ4n) is 2.75. The van der Waals surface area contributed by atoms with E-state index in [4.69, 9.17) is 21.1 Å². The van der Waals surface area contributed by atoms with Gasteiger partial charge in [-0.25, -0.2) is 10.2 Å². The molecule has 0 unspecified atom stereocenters. The van der Waals surface area contributed by atoms with Gasteiger partial charge in [-0.2, -0.15) is 5.10 Å². The summed E-state index contributed by atoms with van der Waals surface area (Å²) < 4.78 is 10.5. The number of benzene rings is 3. The normalized spacial score (nSPS) is 10.5. The number of anilines is 1. The number of carbonyl (C=O) groups excluding carboxylic acids is 3. The summed E-state index contributed by atoms with van der Waals surface area (Å²) in [6.45, 7) is 0. The highest BCUT2D eigenvalue weighted by molar-refractivity contribution is 6.39. The Labute approximate surface area is 203 Å². The van der Waals surface area contributed by atoms with Crippen LogP contribution in [-0.4, -0.2) is 36.0 Å². The number of nitrogens with zero attached hydrogens (tertiary/aromatic N) is 2. The van der Waals surface area contributed by atoms with Gasteiger partial charge in [-0.05, 0) is 54.1 Å². The molecule has 0 heterocycles. The van der Waals surface area contributed by atoms with Gasteiger partial charge < -0.3 is 14.8 Å². The predicted molar refractivity (Wildman–Crippen MR) is 127 cm³/mol. The number of nitrogens with one attached hydrogen (secondary N) is 2. The highest BCUT2D eigenvalue weighted by atomic mass is 35.5. The van der Waals surface area contributed by atoms with Crippen molar-refractivity contribution in [2.45, 2.75) is 0 Å². The first-order valence-electron chi connectivity index (χ1n) is 9.82. The van der Waals surface area contributed by atoms with Gasteiger partial charge in [0.15, 0.2) is 11.5 Å². The number of methoxy groups -OCH3 is 1. The summed E-state index contributed by atoms with van der Waals surface area (Å²) in [7, 11) is 1.33. The van der Waals surface area contributed by atoms with E-state index in [9.17, 15) is 24.5 Å². The Balaban J connectivity index is 1.64. The van der Waals surface area contributed by atoms with Gasteiger partial charge in [0.05, 0.1) is 18.2 Å². The van der Waals surface area contributed by atoms with E-state index < -0.39 is 28.4 Å². The Hall–Kier alpha value is -4.77. The maximum absolute atomic E-state index is 12.5. The van der Waals surface area contributed by atoms with Gasteiger partial charge in [-0.3, -0.25) is 19.7 Å².